The quantitative estimate of drug-likeness (QED) is 0.647. The van der Waals surface area contributed by atoms with Gasteiger partial charge in [-0.1, -0.05) is 38.1 Å². The van der Waals surface area contributed by atoms with Gasteiger partial charge >= 0.3 is 0 Å². The van der Waals surface area contributed by atoms with Crippen LogP contribution in [0.1, 0.15) is 30.9 Å². The lowest BCUT2D eigenvalue weighted by molar-refractivity contribution is 0.382. The minimum Gasteiger partial charge on any atom is -0.504 e. The van der Waals surface area contributed by atoms with Crippen LogP contribution in [0, 0.1) is 5.92 Å². The van der Waals surface area contributed by atoms with Crippen molar-refractivity contribution in [3.63, 3.8) is 0 Å². The molecule has 4 heteroatoms. The standard InChI is InChI=1S/C16H18O4/c1-9(2)14(10-5-3-7-12(17)15(10)19)11-6-4-8-13(18)16(11)20/h3-9,14,17-20H,1-2H3. The number of hydrogen-bond donors (Lipinski definition) is 4. The molecule has 106 valence electrons. The molecule has 0 aromatic heterocycles. The molecule has 0 aliphatic rings. The molecule has 0 bridgehead atoms. The first-order valence-electron chi connectivity index (χ1n) is 6.45. The SMILES string of the molecule is CC(C)C(c1cccc(O)c1O)c1cccc(O)c1O. The van der Waals surface area contributed by atoms with Crippen LogP contribution in [0.15, 0.2) is 36.4 Å². The van der Waals surface area contributed by atoms with Crippen molar-refractivity contribution in [3.05, 3.63) is 47.5 Å². The van der Waals surface area contributed by atoms with Gasteiger partial charge in [0.25, 0.3) is 0 Å². The Hall–Kier alpha value is -2.36. The maximum absolute atomic E-state index is 10.0. The van der Waals surface area contributed by atoms with E-state index in [0.717, 1.165) is 0 Å². The molecule has 0 heterocycles. The number of phenols is 4. The molecule has 0 amide bonds. The molecular weight excluding hydrogens is 256 g/mol. The number of aromatic hydroxyl groups is 4. The Kier molecular flexibility index (Phi) is 3.74. The van der Waals surface area contributed by atoms with Crippen LogP contribution in [0.3, 0.4) is 0 Å². The molecule has 0 unspecified atom stereocenters. The number of benzene rings is 2. The van der Waals surface area contributed by atoms with Crippen molar-refractivity contribution in [1.82, 2.24) is 0 Å². The maximum atomic E-state index is 10.0. The van der Waals surface area contributed by atoms with Crippen molar-refractivity contribution >= 4 is 0 Å². The third-order valence-electron chi connectivity index (χ3n) is 3.43. The van der Waals surface area contributed by atoms with Gasteiger partial charge in [-0.15, -0.1) is 0 Å². The Balaban J connectivity index is 2.63. The highest BCUT2D eigenvalue weighted by molar-refractivity contribution is 5.54. The first kappa shape index (κ1) is 14.1. The molecular formula is C16H18O4. The molecule has 0 aliphatic carbocycles. The minimum atomic E-state index is -0.339. The molecule has 0 radical (unpaired) electrons. The molecule has 0 atom stereocenters. The van der Waals surface area contributed by atoms with Crippen LogP contribution in [0.5, 0.6) is 23.0 Å². The van der Waals surface area contributed by atoms with E-state index in [4.69, 9.17) is 0 Å². The fourth-order valence-electron chi connectivity index (χ4n) is 2.49. The van der Waals surface area contributed by atoms with E-state index in [9.17, 15) is 20.4 Å². The Labute approximate surface area is 117 Å². The van der Waals surface area contributed by atoms with Crippen LogP contribution in [0.2, 0.25) is 0 Å². The summed E-state index contributed by atoms with van der Waals surface area (Å²) >= 11 is 0. The Bertz CT molecular complexity index is 568. The van der Waals surface area contributed by atoms with Crippen molar-refractivity contribution in [2.24, 2.45) is 5.92 Å². The summed E-state index contributed by atoms with van der Waals surface area (Å²) in [7, 11) is 0. The summed E-state index contributed by atoms with van der Waals surface area (Å²) in [5.74, 6) is -1.09. The maximum Gasteiger partial charge on any atom is 0.161 e. The number of rotatable bonds is 3. The number of hydrogen-bond acceptors (Lipinski definition) is 4. The molecule has 0 saturated heterocycles. The number of para-hydroxylation sites is 2. The molecule has 0 saturated carbocycles. The van der Waals surface area contributed by atoms with Crippen molar-refractivity contribution in [1.29, 1.82) is 0 Å². The molecule has 4 nitrogen and oxygen atoms in total. The zero-order valence-corrected chi connectivity index (χ0v) is 11.4. The summed E-state index contributed by atoms with van der Waals surface area (Å²) in [5, 5.41) is 39.4. The van der Waals surface area contributed by atoms with Gasteiger partial charge in [-0.25, -0.2) is 0 Å². The third-order valence-corrected chi connectivity index (χ3v) is 3.43. The predicted octanol–water partition coefficient (Wildman–Crippen LogP) is 3.30. The molecule has 0 aliphatic heterocycles. The fraction of sp³-hybridized carbons (Fsp3) is 0.250. The third kappa shape index (κ3) is 2.37. The molecule has 2 aromatic carbocycles. The second-order valence-electron chi connectivity index (χ2n) is 5.15. The highest BCUT2D eigenvalue weighted by atomic mass is 16.3. The first-order chi connectivity index (χ1) is 9.43. The molecule has 2 aromatic rings. The van der Waals surface area contributed by atoms with Crippen molar-refractivity contribution in [3.8, 4) is 23.0 Å². The average molecular weight is 274 g/mol. The largest absolute Gasteiger partial charge is 0.504 e. The lowest BCUT2D eigenvalue weighted by Crippen LogP contribution is -2.09. The van der Waals surface area contributed by atoms with E-state index in [1.54, 1.807) is 24.3 Å². The van der Waals surface area contributed by atoms with Gasteiger partial charge in [0.15, 0.2) is 23.0 Å². The second-order valence-corrected chi connectivity index (χ2v) is 5.15. The zero-order chi connectivity index (χ0) is 14.9. The van der Waals surface area contributed by atoms with Crippen LogP contribution in [-0.2, 0) is 0 Å². The van der Waals surface area contributed by atoms with Crippen molar-refractivity contribution < 1.29 is 20.4 Å². The predicted molar refractivity (Wildman–Crippen MR) is 76.2 cm³/mol. The van der Waals surface area contributed by atoms with Gasteiger partial charge in [0.05, 0.1) is 0 Å². The van der Waals surface area contributed by atoms with Crippen molar-refractivity contribution in [2.75, 3.05) is 0 Å². The van der Waals surface area contributed by atoms with Gasteiger partial charge in [-0.2, -0.15) is 0 Å². The lowest BCUT2D eigenvalue weighted by Gasteiger charge is -2.24. The van der Waals surface area contributed by atoms with Gasteiger partial charge in [0, 0.05) is 17.0 Å². The van der Waals surface area contributed by atoms with Gasteiger partial charge in [-0.05, 0) is 18.1 Å². The molecule has 4 N–H and O–H groups in total. The first-order valence-corrected chi connectivity index (χ1v) is 6.45. The van der Waals surface area contributed by atoms with Crippen LogP contribution in [0.4, 0.5) is 0 Å². The molecule has 20 heavy (non-hydrogen) atoms. The van der Waals surface area contributed by atoms with E-state index in [1.165, 1.54) is 12.1 Å². The van der Waals surface area contributed by atoms with Gasteiger partial charge < -0.3 is 20.4 Å². The highest BCUT2D eigenvalue weighted by Crippen LogP contribution is 2.45. The summed E-state index contributed by atoms with van der Waals surface area (Å²) in [6.07, 6.45) is 0. The van der Waals surface area contributed by atoms with Crippen LogP contribution >= 0.6 is 0 Å². The van der Waals surface area contributed by atoms with E-state index in [1.807, 2.05) is 13.8 Å². The van der Waals surface area contributed by atoms with Gasteiger partial charge in [0.1, 0.15) is 0 Å². The lowest BCUT2D eigenvalue weighted by atomic mass is 9.81. The Morgan fingerprint density at radius 2 is 1.10 bits per heavy atom. The summed E-state index contributed by atoms with van der Waals surface area (Å²) in [4.78, 5) is 0. The van der Waals surface area contributed by atoms with Gasteiger partial charge in [0.2, 0.25) is 0 Å². The average Bonchev–Trinajstić information content (AvgIpc) is 2.39. The zero-order valence-electron chi connectivity index (χ0n) is 11.4. The molecule has 2 rings (SSSR count). The fourth-order valence-corrected chi connectivity index (χ4v) is 2.49. The van der Waals surface area contributed by atoms with E-state index in [2.05, 4.69) is 0 Å². The Morgan fingerprint density at radius 1 is 0.700 bits per heavy atom. The topological polar surface area (TPSA) is 80.9 Å². The monoisotopic (exact) mass is 274 g/mol. The summed E-state index contributed by atoms with van der Waals surface area (Å²) < 4.78 is 0. The normalized spacial score (nSPS) is 11.2. The van der Waals surface area contributed by atoms with Crippen LogP contribution in [0.25, 0.3) is 0 Å². The molecule has 0 fully saturated rings. The second kappa shape index (κ2) is 5.33. The van der Waals surface area contributed by atoms with E-state index < -0.39 is 0 Å². The van der Waals surface area contributed by atoms with Gasteiger partial charge in [-0.3, -0.25) is 0 Å². The van der Waals surface area contributed by atoms with E-state index in [0.29, 0.717) is 11.1 Å². The summed E-state index contributed by atoms with van der Waals surface area (Å²) in [6, 6.07) is 9.47. The van der Waals surface area contributed by atoms with E-state index in [-0.39, 0.29) is 34.8 Å². The highest BCUT2D eigenvalue weighted by Gasteiger charge is 2.25. The number of phenolic OH excluding ortho intramolecular Hbond substituents is 4. The van der Waals surface area contributed by atoms with Crippen LogP contribution in [-0.4, -0.2) is 20.4 Å². The Morgan fingerprint density at radius 3 is 1.45 bits per heavy atom. The minimum absolute atomic E-state index is 0.0513. The summed E-state index contributed by atoms with van der Waals surface area (Å²) in [6.45, 7) is 3.88. The van der Waals surface area contributed by atoms with Crippen LogP contribution < -0.4 is 0 Å². The smallest absolute Gasteiger partial charge is 0.161 e. The van der Waals surface area contributed by atoms with Crippen molar-refractivity contribution in [2.45, 2.75) is 19.8 Å². The van der Waals surface area contributed by atoms with E-state index >= 15 is 0 Å². The summed E-state index contributed by atoms with van der Waals surface area (Å²) in [5.41, 5.74) is 1.03. The molecule has 0 spiro atoms.